The Hall–Kier alpha value is -0.640. The molecule has 0 aliphatic rings. The van der Waals surface area contributed by atoms with E-state index in [9.17, 15) is 4.79 Å². The Labute approximate surface area is 98.0 Å². The first kappa shape index (κ1) is 14.4. The summed E-state index contributed by atoms with van der Waals surface area (Å²) in [4.78, 5) is 13.9. The Morgan fingerprint density at radius 1 is 1.40 bits per heavy atom. The predicted molar refractivity (Wildman–Crippen MR) is 67.8 cm³/mol. The average Bonchev–Trinajstić information content (AvgIpc) is 2.13. The van der Waals surface area contributed by atoms with Crippen LogP contribution in [0.4, 0.5) is 0 Å². The van der Waals surface area contributed by atoms with Crippen molar-refractivity contribution in [2.75, 3.05) is 6.54 Å². The van der Waals surface area contributed by atoms with Gasteiger partial charge in [-0.1, -0.05) is 32.0 Å². The molecule has 2 N–H and O–H groups in total. The van der Waals surface area contributed by atoms with Gasteiger partial charge in [-0.2, -0.15) is 0 Å². The molecule has 0 heterocycles. The minimum Gasteiger partial charge on any atom is -0.392 e. The molecule has 0 spiro atoms. The molecular weight excluding hydrogens is 208 g/mol. The maximum Gasteiger partial charge on any atom is 0.223 e. The lowest BCUT2D eigenvalue weighted by Crippen LogP contribution is -2.42. The van der Waals surface area contributed by atoms with Crippen molar-refractivity contribution in [3.05, 3.63) is 0 Å². The number of amides is 1. The third-order valence-corrected chi connectivity index (χ3v) is 2.39. The second-order valence-corrected chi connectivity index (χ2v) is 4.56. The molecule has 3 nitrogen and oxygen atoms in total. The molecule has 0 atom stereocenters. The zero-order valence-electron chi connectivity index (χ0n) is 9.95. The van der Waals surface area contributed by atoms with Gasteiger partial charge in [-0.05, 0) is 20.3 Å². The van der Waals surface area contributed by atoms with Gasteiger partial charge >= 0.3 is 0 Å². The van der Waals surface area contributed by atoms with Gasteiger partial charge in [-0.25, -0.2) is 0 Å². The number of carbonyl (C=O) groups excluding carboxylic acids is 1. The SMILES string of the molecule is CCCCCC(=O)N(CC(N)=S)C(C)C. The summed E-state index contributed by atoms with van der Waals surface area (Å²) in [6.07, 6.45) is 3.79. The molecule has 0 unspecified atom stereocenters. The Kier molecular flexibility index (Phi) is 7.30. The van der Waals surface area contributed by atoms with Crippen LogP contribution in [0.3, 0.4) is 0 Å². The van der Waals surface area contributed by atoms with E-state index in [2.05, 4.69) is 6.92 Å². The van der Waals surface area contributed by atoms with Crippen molar-refractivity contribution in [2.45, 2.75) is 52.5 Å². The van der Waals surface area contributed by atoms with Crippen molar-refractivity contribution in [1.82, 2.24) is 4.90 Å². The summed E-state index contributed by atoms with van der Waals surface area (Å²) < 4.78 is 0. The Bertz CT molecular complexity index is 217. The Morgan fingerprint density at radius 3 is 2.40 bits per heavy atom. The first-order chi connectivity index (χ1) is 6.99. The largest absolute Gasteiger partial charge is 0.392 e. The van der Waals surface area contributed by atoms with Crippen LogP contribution in [0.25, 0.3) is 0 Å². The topological polar surface area (TPSA) is 46.3 Å². The number of rotatable bonds is 7. The number of thiocarbonyl (C=S) groups is 1. The van der Waals surface area contributed by atoms with Crippen molar-refractivity contribution in [2.24, 2.45) is 5.73 Å². The van der Waals surface area contributed by atoms with E-state index in [1.807, 2.05) is 13.8 Å². The second kappa shape index (κ2) is 7.63. The molecule has 0 aliphatic heterocycles. The van der Waals surface area contributed by atoms with Crippen molar-refractivity contribution >= 4 is 23.1 Å². The number of unbranched alkanes of at least 4 members (excludes halogenated alkanes) is 2. The maximum atomic E-state index is 11.8. The lowest BCUT2D eigenvalue weighted by atomic mass is 10.1. The van der Waals surface area contributed by atoms with Crippen LogP contribution in [0.2, 0.25) is 0 Å². The van der Waals surface area contributed by atoms with E-state index in [4.69, 9.17) is 18.0 Å². The van der Waals surface area contributed by atoms with Crippen molar-refractivity contribution < 1.29 is 4.79 Å². The molecule has 4 heteroatoms. The molecule has 88 valence electrons. The van der Waals surface area contributed by atoms with Crippen LogP contribution in [0, 0.1) is 0 Å². The zero-order valence-corrected chi connectivity index (χ0v) is 10.8. The molecule has 0 aliphatic carbocycles. The van der Waals surface area contributed by atoms with Gasteiger partial charge in [-0.3, -0.25) is 4.79 Å². The van der Waals surface area contributed by atoms with E-state index in [1.54, 1.807) is 4.90 Å². The van der Waals surface area contributed by atoms with Gasteiger partial charge in [0.25, 0.3) is 0 Å². The van der Waals surface area contributed by atoms with Gasteiger partial charge in [0.05, 0.1) is 11.5 Å². The predicted octanol–water partition coefficient (Wildman–Crippen LogP) is 2.09. The molecule has 0 bridgehead atoms. The molecule has 0 aromatic rings. The van der Waals surface area contributed by atoms with E-state index in [1.165, 1.54) is 0 Å². The second-order valence-electron chi connectivity index (χ2n) is 4.04. The summed E-state index contributed by atoms with van der Waals surface area (Å²) >= 11 is 4.83. The molecule has 0 radical (unpaired) electrons. The van der Waals surface area contributed by atoms with Gasteiger partial charge in [0.1, 0.15) is 0 Å². The van der Waals surface area contributed by atoms with E-state index in [0.717, 1.165) is 19.3 Å². The third kappa shape index (κ3) is 6.44. The lowest BCUT2D eigenvalue weighted by molar-refractivity contribution is -0.132. The van der Waals surface area contributed by atoms with E-state index in [0.29, 0.717) is 18.0 Å². The number of nitrogens with two attached hydrogens (primary N) is 1. The summed E-state index contributed by atoms with van der Waals surface area (Å²) in [6, 6.07) is 0.167. The van der Waals surface area contributed by atoms with Crippen LogP contribution in [-0.2, 0) is 4.79 Å². The number of hydrogen-bond acceptors (Lipinski definition) is 2. The Morgan fingerprint density at radius 2 is 2.00 bits per heavy atom. The van der Waals surface area contributed by atoms with Gasteiger partial charge in [0, 0.05) is 12.5 Å². The quantitative estimate of drug-likeness (QED) is 0.538. The first-order valence-electron chi connectivity index (χ1n) is 5.56. The fourth-order valence-electron chi connectivity index (χ4n) is 1.40. The fourth-order valence-corrected chi connectivity index (χ4v) is 1.54. The highest BCUT2D eigenvalue weighted by molar-refractivity contribution is 7.80. The minimum absolute atomic E-state index is 0.159. The molecule has 1 amide bonds. The standard InChI is InChI=1S/C11H22N2OS/c1-4-5-6-7-11(14)13(9(2)3)8-10(12)15/h9H,4-8H2,1-3H3,(H2,12,15). The van der Waals surface area contributed by atoms with Gasteiger partial charge < -0.3 is 10.6 Å². The molecule has 0 saturated carbocycles. The highest BCUT2D eigenvalue weighted by atomic mass is 32.1. The molecule has 0 aromatic heterocycles. The monoisotopic (exact) mass is 230 g/mol. The number of hydrogen-bond donors (Lipinski definition) is 1. The molecule has 0 saturated heterocycles. The molecule has 15 heavy (non-hydrogen) atoms. The van der Waals surface area contributed by atoms with Crippen LogP contribution >= 0.6 is 12.2 Å². The number of nitrogens with zero attached hydrogens (tertiary/aromatic N) is 1. The number of carbonyl (C=O) groups is 1. The van der Waals surface area contributed by atoms with Crippen LogP contribution in [0.5, 0.6) is 0 Å². The van der Waals surface area contributed by atoms with Gasteiger partial charge in [0.2, 0.25) is 5.91 Å². The minimum atomic E-state index is 0.159. The molecular formula is C11H22N2OS. The molecule has 0 aromatic carbocycles. The van der Waals surface area contributed by atoms with Crippen LogP contribution in [0.15, 0.2) is 0 Å². The van der Waals surface area contributed by atoms with Crippen LogP contribution < -0.4 is 5.73 Å². The maximum absolute atomic E-state index is 11.8. The van der Waals surface area contributed by atoms with Crippen molar-refractivity contribution in [3.63, 3.8) is 0 Å². The van der Waals surface area contributed by atoms with Crippen LogP contribution in [-0.4, -0.2) is 28.4 Å². The highest BCUT2D eigenvalue weighted by Gasteiger charge is 2.16. The summed E-state index contributed by atoms with van der Waals surface area (Å²) in [5.41, 5.74) is 5.46. The summed E-state index contributed by atoms with van der Waals surface area (Å²) in [5, 5.41) is 0. The summed E-state index contributed by atoms with van der Waals surface area (Å²) in [7, 11) is 0. The third-order valence-electron chi connectivity index (χ3n) is 2.26. The first-order valence-corrected chi connectivity index (χ1v) is 5.97. The average molecular weight is 230 g/mol. The van der Waals surface area contributed by atoms with E-state index < -0.39 is 0 Å². The highest BCUT2D eigenvalue weighted by Crippen LogP contribution is 2.06. The van der Waals surface area contributed by atoms with E-state index in [-0.39, 0.29) is 11.9 Å². The Balaban J connectivity index is 4.11. The fraction of sp³-hybridized carbons (Fsp3) is 0.818. The van der Waals surface area contributed by atoms with Gasteiger partial charge in [-0.15, -0.1) is 0 Å². The normalized spacial score (nSPS) is 10.4. The van der Waals surface area contributed by atoms with Crippen molar-refractivity contribution in [3.8, 4) is 0 Å². The summed E-state index contributed by atoms with van der Waals surface area (Å²) in [5.74, 6) is 0.159. The van der Waals surface area contributed by atoms with E-state index >= 15 is 0 Å². The lowest BCUT2D eigenvalue weighted by Gasteiger charge is -2.26. The van der Waals surface area contributed by atoms with Crippen molar-refractivity contribution in [1.29, 1.82) is 0 Å². The van der Waals surface area contributed by atoms with Gasteiger partial charge in [0.15, 0.2) is 0 Å². The summed E-state index contributed by atoms with van der Waals surface area (Å²) in [6.45, 7) is 6.49. The van der Waals surface area contributed by atoms with Crippen LogP contribution in [0.1, 0.15) is 46.5 Å². The molecule has 0 fully saturated rings. The smallest absolute Gasteiger partial charge is 0.223 e. The zero-order chi connectivity index (χ0) is 11.8. The molecule has 0 rings (SSSR count).